The van der Waals surface area contributed by atoms with Crippen LogP contribution in [0.3, 0.4) is 0 Å². The fourth-order valence-electron chi connectivity index (χ4n) is 5.20. The zero-order valence-electron chi connectivity index (χ0n) is 22.3. The molecule has 184 valence electrons. The molecule has 1 fully saturated rings. The topological polar surface area (TPSA) is 62.1 Å². The minimum atomic E-state index is -1.00. The van der Waals surface area contributed by atoms with Gasteiger partial charge >= 0.3 is 6.09 Å². The van der Waals surface area contributed by atoms with Gasteiger partial charge < -0.3 is 9.84 Å². The summed E-state index contributed by atoms with van der Waals surface area (Å²) in [5.41, 5.74) is 1.18. The van der Waals surface area contributed by atoms with Gasteiger partial charge in [0.05, 0.1) is 5.60 Å². The molecule has 1 rings (SSSR count). The first-order valence-electron chi connectivity index (χ1n) is 12.3. The summed E-state index contributed by atoms with van der Waals surface area (Å²) >= 11 is 0. The molecule has 1 aliphatic carbocycles. The smallest absolute Gasteiger partial charge is 0.415 e. The number of hydrogen-bond donors (Lipinski definition) is 1. The van der Waals surface area contributed by atoms with Crippen molar-refractivity contribution < 1.29 is 14.6 Å². The number of carbonyl (C=O) groups is 1. The van der Waals surface area contributed by atoms with Gasteiger partial charge in [-0.1, -0.05) is 53.0 Å². The van der Waals surface area contributed by atoms with E-state index in [1.54, 1.807) is 33.2 Å². The normalized spacial score (nSPS) is 25.0. The van der Waals surface area contributed by atoms with Crippen molar-refractivity contribution >= 4 is 12.3 Å². The van der Waals surface area contributed by atoms with Crippen LogP contribution in [0, 0.1) is 10.8 Å². The van der Waals surface area contributed by atoms with E-state index >= 15 is 0 Å². The van der Waals surface area contributed by atoms with Gasteiger partial charge in [-0.15, -0.1) is 0 Å². The average Bonchev–Trinajstić information content (AvgIpc) is 2.66. The number of unbranched alkanes of at least 4 members (excludes halogenated alkanes) is 1. The Kier molecular flexibility index (Phi) is 10.2. The zero-order chi connectivity index (χ0) is 24.7. The highest BCUT2D eigenvalue weighted by atomic mass is 16.6. The van der Waals surface area contributed by atoms with Gasteiger partial charge in [0.2, 0.25) is 0 Å². The molecule has 1 amide bonds. The lowest BCUT2D eigenvalue weighted by Crippen LogP contribution is -2.42. The molecule has 0 spiro atoms. The first-order chi connectivity index (χ1) is 14.7. The number of aliphatic imine (C=N–C) groups is 1. The quantitative estimate of drug-likeness (QED) is 0.378. The van der Waals surface area contributed by atoms with Crippen LogP contribution in [0.15, 0.2) is 28.0 Å². The van der Waals surface area contributed by atoms with Crippen LogP contribution >= 0.6 is 0 Å². The SMILES string of the molecule is CC=C(/N=C\C(=C(C)CC)C(C)(C)O)N(C)C(=O)OC1CC(C)(C)CC(C)(CCCC)C1. The van der Waals surface area contributed by atoms with Gasteiger partial charge in [0.1, 0.15) is 11.9 Å². The highest BCUT2D eigenvalue weighted by Gasteiger charge is 2.42. The summed E-state index contributed by atoms with van der Waals surface area (Å²) in [7, 11) is 1.69. The number of aliphatic hydroxyl groups is 1. The molecule has 1 N–H and O–H groups in total. The van der Waals surface area contributed by atoms with Gasteiger partial charge in [0, 0.05) is 18.8 Å². The maximum atomic E-state index is 13.0. The Hall–Kier alpha value is -1.62. The summed E-state index contributed by atoms with van der Waals surface area (Å²) in [6, 6.07) is 0. The molecule has 5 nitrogen and oxygen atoms in total. The third kappa shape index (κ3) is 8.38. The van der Waals surface area contributed by atoms with Crippen molar-refractivity contribution in [3.05, 3.63) is 23.0 Å². The van der Waals surface area contributed by atoms with E-state index in [-0.39, 0.29) is 23.0 Å². The number of ether oxygens (including phenoxy) is 1. The number of amides is 1. The average molecular weight is 449 g/mol. The van der Waals surface area contributed by atoms with Gasteiger partial charge in [-0.3, -0.25) is 4.90 Å². The largest absolute Gasteiger partial charge is 0.446 e. The maximum absolute atomic E-state index is 13.0. The summed E-state index contributed by atoms with van der Waals surface area (Å²) in [5, 5.41) is 10.5. The zero-order valence-corrected chi connectivity index (χ0v) is 22.3. The van der Waals surface area contributed by atoms with Crippen LogP contribution < -0.4 is 0 Å². The Bertz CT molecular complexity index is 728. The lowest BCUT2D eigenvalue weighted by molar-refractivity contribution is -0.0303. The van der Waals surface area contributed by atoms with Gasteiger partial charge in [-0.2, -0.15) is 0 Å². The Balaban J connectivity index is 2.97. The predicted octanol–water partition coefficient (Wildman–Crippen LogP) is 7.26. The molecule has 0 aromatic rings. The van der Waals surface area contributed by atoms with Crippen LogP contribution in [0.5, 0.6) is 0 Å². The minimum Gasteiger partial charge on any atom is -0.446 e. The molecule has 0 saturated heterocycles. The summed E-state index contributed by atoms with van der Waals surface area (Å²) < 4.78 is 6.00. The summed E-state index contributed by atoms with van der Waals surface area (Å²) in [4.78, 5) is 19.0. The number of nitrogens with zero attached hydrogens (tertiary/aromatic N) is 2. The van der Waals surface area contributed by atoms with E-state index in [2.05, 4.69) is 39.6 Å². The van der Waals surface area contributed by atoms with Gasteiger partial charge in [-0.25, -0.2) is 9.79 Å². The van der Waals surface area contributed by atoms with E-state index in [1.165, 1.54) is 24.2 Å². The number of rotatable bonds is 9. The lowest BCUT2D eigenvalue weighted by atomic mass is 9.62. The molecule has 1 aliphatic rings. The van der Waals surface area contributed by atoms with Crippen LogP contribution in [0.2, 0.25) is 0 Å². The first-order valence-corrected chi connectivity index (χ1v) is 12.3. The Morgan fingerprint density at radius 3 is 2.38 bits per heavy atom. The molecule has 1 saturated carbocycles. The van der Waals surface area contributed by atoms with Crippen molar-refractivity contribution in [2.75, 3.05) is 7.05 Å². The van der Waals surface area contributed by atoms with E-state index < -0.39 is 5.60 Å². The molecular formula is C27H48N2O3. The molecule has 32 heavy (non-hydrogen) atoms. The fraction of sp³-hybridized carbons (Fsp3) is 0.778. The van der Waals surface area contributed by atoms with Gasteiger partial charge in [-0.05, 0) is 76.7 Å². The van der Waals surface area contributed by atoms with E-state index in [4.69, 9.17) is 4.74 Å². The Labute approximate surface area is 197 Å². The maximum Gasteiger partial charge on any atom is 0.415 e. The highest BCUT2D eigenvalue weighted by Crippen LogP contribution is 2.49. The Morgan fingerprint density at radius 2 is 1.88 bits per heavy atom. The molecular weight excluding hydrogens is 400 g/mol. The molecule has 0 radical (unpaired) electrons. The molecule has 0 aromatic carbocycles. The van der Waals surface area contributed by atoms with Crippen molar-refractivity contribution in [1.82, 2.24) is 4.90 Å². The molecule has 0 heterocycles. The van der Waals surface area contributed by atoms with Crippen molar-refractivity contribution in [3.8, 4) is 0 Å². The molecule has 5 heteroatoms. The number of hydrogen-bond acceptors (Lipinski definition) is 4. The van der Waals surface area contributed by atoms with Gasteiger partial charge in [0.15, 0.2) is 0 Å². The second-order valence-corrected chi connectivity index (χ2v) is 11.2. The second-order valence-electron chi connectivity index (χ2n) is 11.2. The first kappa shape index (κ1) is 28.4. The van der Waals surface area contributed by atoms with E-state index in [0.717, 1.165) is 36.8 Å². The van der Waals surface area contributed by atoms with Crippen molar-refractivity contribution in [3.63, 3.8) is 0 Å². The molecule has 0 aromatic heterocycles. The van der Waals surface area contributed by atoms with Crippen molar-refractivity contribution in [2.45, 2.75) is 119 Å². The number of allylic oxidation sites excluding steroid dienone is 2. The molecule has 0 aliphatic heterocycles. The molecule has 0 bridgehead atoms. The standard InChI is InChI=1S/C27H48N2O3/c1-11-14-15-27(9)17-21(16-25(5,6)19-27)32-24(30)29(10)23(13-3)28-18-22(20(4)12-2)26(7,8)31/h13,18,21,31H,11-12,14-17,19H2,1-10H3/b22-20?,23-13?,28-18-. The monoisotopic (exact) mass is 448 g/mol. The van der Waals surface area contributed by atoms with Crippen molar-refractivity contribution in [2.24, 2.45) is 15.8 Å². The summed E-state index contributed by atoms with van der Waals surface area (Å²) in [6.07, 6.45) is 10.3. The van der Waals surface area contributed by atoms with E-state index in [0.29, 0.717) is 5.82 Å². The van der Waals surface area contributed by atoms with E-state index in [9.17, 15) is 9.90 Å². The highest BCUT2D eigenvalue weighted by molar-refractivity contribution is 5.83. The summed E-state index contributed by atoms with van der Waals surface area (Å²) in [5.74, 6) is 0.504. The van der Waals surface area contributed by atoms with Crippen LogP contribution in [-0.4, -0.2) is 41.1 Å². The third-order valence-corrected chi connectivity index (χ3v) is 6.66. The van der Waals surface area contributed by atoms with Gasteiger partial charge in [0.25, 0.3) is 0 Å². The van der Waals surface area contributed by atoms with E-state index in [1.807, 2.05) is 13.8 Å². The Morgan fingerprint density at radius 1 is 1.25 bits per heavy atom. The second kappa shape index (κ2) is 11.5. The van der Waals surface area contributed by atoms with Crippen LogP contribution in [0.25, 0.3) is 0 Å². The van der Waals surface area contributed by atoms with Crippen molar-refractivity contribution in [1.29, 1.82) is 0 Å². The fourth-order valence-corrected chi connectivity index (χ4v) is 5.20. The number of carbonyl (C=O) groups excluding carboxylic acids is 1. The minimum absolute atomic E-state index is 0.0909. The predicted molar refractivity (Wildman–Crippen MR) is 135 cm³/mol. The lowest BCUT2D eigenvalue weighted by Gasteiger charge is -2.46. The van der Waals surface area contributed by atoms with Crippen LogP contribution in [0.4, 0.5) is 4.79 Å². The third-order valence-electron chi connectivity index (χ3n) is 6.66. The van der Waals surface area contributed by atoms with Crippen LogP contribution in [0.1, 0.15) is 107 Å². The summed E-state index contributed by atoms with van der Waals surface area (Å²) in [6.45, 7) is 18.5. The van der Waals surface area contributed by atoms with Crippen LogP contribution in [-0.2, 0) is 4.74 Å². The molecule has 2 unspecified atom stereocenters. The molecule has 2 atom stereocenters.